The van der Waals surface area contributed by atoms with Crippen LogP contribution in [0.3, 0.4) is 0 Å². The number of alkyl halides is 3. The topological polar surface area (TPSA) is 80.7 Å². The minimum Gasteiger partial charge on any atom is -0.457 e. The molecule has 0 atom stereocenters. The molecule has 0 rings (SSSR count). The van der Waals surface area contributed by atoms with Gasteiger partial charge in [-0.15, -0.1) is 0 Å². The summed E-state index contributed by atoms with van der Waals surface area (Å²) in [7, 11) is -3.58. The predicted octanol–water partition coefficient (Wildman–Crippen LogP) is 3.16. The fraction of sp³-hybridized carbons (Fsp3) is 0.800. The van der Waals surface area contributed by atoms with E-state index in [-0.39, 0.29) is 5.97 Å². The number of hydrogen-bond donors (Lipinski definition) is 1. The largest absolute Gasteiger partial charge is 0.522 e. The van der Waals surface area contributed by atoms with Gasteiger partial charge in [0, 0.05) is 6.08 Å². The molecule has 6 nitrogen and oxygen atoms in total. The van der Waals surface area contributed by atoms with E-state index in [0.717, 1.165) is 11.0 Å². The van der Waals surface area contributed by atoms with Gasteiger partial charge < -0.3 is 9.22 Å². The number of nitrogens with zero attached hydrogens (tertiary/aromatic N) is 1. The van der Waals surface area contributed by atoms with E-state index in [1.807, 2.05) is 0 Å². The molecular weight excluding hydrogens is 363 g/mol. The highest BCUT2D eigenvalue weighted by Gasteiger charge is 2.44. The molecule has 0 spiro atoms. The van der Waals surface area contributed by atoms with Crippen LogP contribution in [0.2, 0.25) is 0 Å². The first-order valence-corrected chi connectivity index (χ1v) is 9.43. The summed E-state index contributed by atoms with van der Waals surface area (Å²) in [6.45, 7) is 11.6. The van der Waals surface area contributed by atoms with Crippen molar-refractivity contribution in [2.75, 3.05) is 33.3 Å². The summed E-state index contributed by atoms with van der Waals surface area (Å²) in [6.07, 6.45) is 6.12. The maximum atomic E-state index is 11.0. The van der Waals surface area contributed by atoms with Crippen LogP contribution < -0.4 is 0 Å². The Kier molecular flexibility index (Phi) is 12.8. The first kappa shape index (κ1) is 26.1. The minimum atomic E-state index is -5.84. The number of quaternary nitrogens is 1. The van der Waals surface area contributed by atoms with Gasteiger partial charge in [0.1, 0.15) is 13.2 Å². The van der Waals surface area contributed by atoms with Gasteiger partial charge in [-0.05, 0) is 12.8 Å². The molecule has 0 saturated heterocycles. The van der Waals surface area contributed by atoms with Gasteiger partial charge in [0.05, 0.1) is 20.1 Å². The van der Waals surface area contributed by atoms with E-state index < -0.39 is 15.6 Å². The van der Waals surface area contributed by atoms with E-state index in [1.54, 1.807) is 0 Å². The second-order valence-corrected chi connectivity index (χ2v) is 7.20. The summed E-state index contributed by atoms with van der Waals surface area (Å²) in [5.41, 5.74) is -5.53. The molecule has 0 aliphatic heterocycles. The molecule has 1 N–H and O–H groups in total. The number of esters is 1. The van der Waals surface area contributed by atoms with Gasteiger partial charge in [-0.3, -0.25) is 4.55 Å². The first-order chi connectivity index (χ1) is 11.3. The Morgan fingerprint density at radius 1 is 1.16 bits per heavy atom. The van der Waals surface area contributed by atoms with Crippen LogP contribution >= 0.6 is 0 Å². The number of halogens is 3. The molecule has 0 unspecified atom stereocenters. The lowest BCUT2D eigenvalue weighted by Crippen LogP contribution is -2.47. The second-order valence-electron chi connectivity index (χ2n) is 5.79. The number of hydrogen-bond acceptors (Lipinski definition) is 4. The summed E-state index contributed by atoms with van der Waals surface area (Å²) >= 11 is 0. The maximum Gasteiger partial charge on any atom is 0.522 e. The molecule has 0 radical (unpaired) electrons. The number of rotatable bonds is 10. The third kappa shape index (κ3) is 13.8. The fourth-order valence-corrected chi connectivity index (χ4v) is 1.84. The fourth-order valence-electron chi connectivity index (χ4n) is 1.84. The Labute approximate surface area is 148 Å². The van der Waals surface area contributed by atoms with Crippen LogP contribution in [0.15, 0.2) is 12.7 Å². The van der Waals surface area contributed by atoms with Crippen LogP contribution in [0.25, 0.3) is 0 Å². The smallest absolute Gasteiger partial charge is 0.457 e. The summed E-state index contributed by atoms with van der Waals surface area (Å²) in [4.78, 5) is 11.0. The summed E-state index contributed by atoms with van der Waals surface area (Å²) in [5, 5.41) is 0. The standard InChI is InChI=1S/C14H28NO2.CHF3O3S/c1-5-8-10-15(4,11-9-6-2)12-13-17-14(16)7-3;2-1(3,4)8(5,6)7/h7H,3,5-6,8-13H2,1-2,4H3;(H,5,6,7)/q+1;. The highest BCUT2D eigenvalue weighted by atomic mass is 32.2. The molecule has 0 aliphatic rings. The summed E-state index contributed by atoms with van der Waals surface area (Å²) < 4.78 is 63.6. The molecule has 0 bridgehead atoms. The van der Waals surface area contributed by atoms with Crippen molar-refractivity contribution in [1.82, 2.24) is 0 Å². The quantitative estimate of drug-likeness (QED) is 0.203. The Balaban J connectivity index is 0. The molecule has 25 heavy (non-hydrogen) atoms. The lowest BCUT2D eigenvalue weighted by molar-refractivity contribution is -0.910. The SMILES string of the molecule is C=CC(=O)OCC[N+](C)(CCCC)CCCC.O=S(=O)(O)C(F)(F)F. The normalized spacial score (nSPS) is 12.1. The van der Waals surface area contributed by atoms with Crippen LogP contribution in [0, 0.1) is 0 Å². The molecule has 150 valence electrons. The van der Waals surface area contributed by atoms with Crippen molar-refractivity contribution in [3.8, 4) is 0 Å². The molecule has 0 aliphatic carbocycles. The van der Waals surface area contributed by atoms with Gasteiger partial charge >= 0.3 is 21.6 Å². The molecule has 0 saturated carbocycles. The van der Waals surface area contributed by atoms with Crippen molar-refractivity contribution < 1.29 is 40.2 Å². The van der Waals surface area contributed by atoms with E-state index >= 15 is 0 Å². The first-order valence-electron chi connectivity index (χ1n) is 7.99. The molecule has 0 aromatic heterocycles. The third-order valence-corrected chi connectivity index (χ3v) is 4.02. The van der Waals surface area contributed by atoms with Crippen molar-refractivity contribution >= 4 is 16.1 Å². The average molecular weight is 392 g/mol. The molecule has 0 aromatic rings. The Morgan fingerprint density at radius 2 is 1.56 bits per heavy atom. The Hall–Kier alpha value is -1.13. The van der Waals surface area contributed by atoms with Crippen LogP contribution in [0.1, 0.15) is 39.5 Å². The highest BCUT2D eigenvalue weighted by Crippen LogP contribution is 2.20. The predicted molar refractivity (Wildman–Crippen MR) is 89.4 cm³/mol. The number of carbonyl (C=O) groups is 1. The zero-order valence-corrected chi connectivity index (χ0v) is 15.8. The van der Waals surface area contributed by atoms with Gasteiger partial charge in [0.15, 0.2) is 0 Å². The van der Waals surface area contributed by atoms with Gasteiger partial charge in [0.25, 0.3) is 0 Å². The molecule has 0 heterocycles. The van der Waals surface area contributed by atoms with Gasteiger partial charge in [-0.1, -0.05) is 33.3 Å². The summed E-state index contributed by atoms with van der Waals surface area (Å²) in [6, 6.07) is 0. The average Bonchev–Trinajstić information content (AvgIpc) is 2.49. The lowest BCUT2D eigenvalue weighted by atomic mass is 10.2. The van der Waals surface area contributed by atoms with Crippen LogP contribution in [-0.4, -0.2) is 62.2 Å². The number of likely N-dealkylation sites (N-methyl/N-ethyl adjacent to an activating group) is 1. The van der Waals surface area contributed by atoms with Crippen molar-refractivity contribution in [1.29, 1.82) is 0 Å². The third-order valence-electron chi connectivity index (χ3n) is 3.44. The molecule has 0 fully saturated rings. The van der Waals surface area contributed by atoms with Crippen molar-refractivity contribution in [3.63, 3.8) is 0 Å². The van der Waals surface area contributed by atoms with E-state index in [4.69, 9.17) is 17.7 Å². The molecule has 0 aromatic carbocycles. The molecular formula is C15H29F3NO5S+. The Morgan fingerprint density at radius 3 is 1.84 bits per heavy atom. The zero-order chi connectivity index (χ0) is 20.1. The second kappa shape index (κ2) is 12.3. The minimum absolute atomic E-state index is 0.317. The van der Waals surface area contributed by atoms with E-state index in [9.17, 15) is 18.0 Å². The number of carbonyl (C=O) groups excluding carboxylic acids is 1. The number of unbranched alkanes of at least 4 members (excludes halogenated alkanes) is 2. The lowest BCUT2D eigenvalue weighted by Gasteiger charge is -2.34. The van der Waals surface area contributed by atoms with E-state index in [0.29, 0.717) is 6.61 Å². The van der Waals surface area contributed by atoms with Crippen molar-refractivity contribution in [3.05, 3.63) is 12.7 Å². The van der Waals surface area contributed by atoms with E-state index in [2.05, 4.69) is 27.5 Å². The van der Waals surface area contributed by atoms with Gasteiger partial charge in [0.2, 0.25) is 0 Å². The molecule has 0 amide bonds. The van der Waals surface area contributed by atoms with E-state index in [1.165, 1.54) is 44.8 Å². The Bertz CT molecular complexity index is 484. The van der Waals surface area contributed by atoms with Gasteiger partial charge in [-0.25, -0.2) is 4.79 Å². The van der Waals surface area contributed by atoms with Crippen LogP contribution in [-0.2, 0) is 19.6 Å². The van der Waals surface area contributed by atoms with Crippen LogP contribution in [0.4, 0.5) is 13.2 Å². The van der Waals surface area contributed by atoms with Gasteiger partial charge in [-0.2, -0.15) is 21.6 Å². The zero-order valence-electron chi connectivity index (χ0n) is 15.0. The van der Waals surface area contributed by atoms with Crippen molar-refractivity contribution in [2.45, 2.75) is 45.0 Å². The highest BCUT2D eigenvalue weighted by molar-refractivity contribution is 7.86. The van der Waals surface area contributed by atoms with Crippen molar-refractivity contribution in [2.24, 2.45) is 0 Å². The molecule has 10 heteroatoms. The number of ether oxygens (including phenoxy) is 1. The summed E-state index contributed by atoms with van der Waals surface area (Å²) in [5.74, 6) is -0.317. The maximum absolute atomic E-state index is 11.0. The van der Waals surface area contributed by atoms with Crippen LogP contribution in [0.5, 0.6) is 0 Å². The monoisotopic (exact) mass is 392 g/mol.